The Kier molecular flexibility index (Phi) is 5.88. The Labute approximate surface area is 160 Å². The maximum absolute atomic E-state index is 12.3. The lowest BCUT2D eigenvalue weighted by atomic mass is 9.79. The van der Waals surface area contributed by atoms with Crippen molar-refractivity contribution in [3.05, 3.63) is 18.5 Å². The van der Waals surface area contributed by atoms with Gasteiger partial charge in [-0.05, 0) is 44.1 Å². The molecule has 1 unspecified atom stereocenters. The number of aromatic nitrogens is 2. The molecule has 0 N–H and O–H groups in total. The molecule has 2 aliphatic heterocycles. The molecule has 1 atom stereocenters. The Morgan fingerprint density at radius 1 is 1.22 bits per heavy atom. The predicted molar refractivity (Wildman–Crippen MR) is 98.3 cm³/mol. The van der Waals surface area contributed by atoms with E-state index in [0.717, 1.165) is 38.7 Å². The average molecular weight is 375 g/mol. The molecule has 1 spiro atoms. The molecule has 27 heavy (non-hydrogen) atoms. The summed E-state index contributed by atoms with van der Waals surface area (Å²) in [6, 6.07) is 2.21. The first-order valence-electron chi connectivity index (χ1n) is 10.2. The van der Waals surface area contributed by atoms with Crippen molar-refractivity contribution < 1.29 is 19.0 Å². The first kappa shape index (κ1) is 18.6. The lowest BCUT2D eigenvalue weighted by molar-refractivity contribution is -0.192. The average Bonchev–Trinajstić information content (AvgIpc) is 3.19. The molecule has 3 fully saturated rings. The van der Waals surface area contributed by atoms with Crippen LogP contribution in [0.2, 0.25) is 0 Å². The molecule has 1 aromatic rings. The monoisotopic (exact) mass is 375 g/mol. The molecule has 1 aliphatic carbocycles. The number of hydrogen-bond acceptors (Lipinski definition) is 6. The van der Waals surface area contributed by atoms with Crippen LogP contribution in [0.4, 0.5) is 0 Å². The van der Waals surface area contributed by atoms with Gasteiger partial charge in [-0.1, -0.05) is 12.8 Å². The van der Waals surface area contributed by atoms with Crippen molar-refractivity contribution in [3.8, 4) is 6.01 Å². The SMILES string of the molecule is O=C(COC1CCCC1)N1CC2(CC(CCOc3ncccn3)CCO2)C1. The van der Waals surface area contributed by atoms with E-state index in [1.54, 1.807) is 18.5 Å². The van der Waals surface area contributed by atoms with Crippen molar-refractivity contribution in [1.29, 1.82) is 0 Å². The van der Waals surface area contributed by atoms with Crippen LogP contribution in [0.15, 0.2) is 18.5 Å². The molecule has 0 aromatic carbocycles. The maximum Gasteiger partial charge on any atom is 0.316 e. The summed E-state index contributed by atoms with van der Waals surface area (Å²) in [6.45, 7) is 2.98. The zero-order valence-electron chi connectivity index (χ0n) is 15.8. The molecule has 1 saturated carbocycles. The molecule has 2 saturated heterocycles. The number of carbonyl (C=O) groups is 1. The van der Waals surface area contributed by atoms with E-state index in [1.165, 1.54) is 12.8 Å². The third-order valence-corrected chi connectivity index (χ3v) is 5.95. The van der Waals surface area contributed by atoms with E-state index in [-0.39, 0.29) is 24.2 Å². The smallest absolute Gasteiger partial charge is 0.316 e. The molecule has 1 amide bonds. The fraction of sp³-hybridized carbons (Fsp3) is 0.750. The Balaban J connectivity index is 1.17. The molecule has 1 aromatic heterocycles. The summed E-state index contributed by atoms with van der Waals surface area (Å²) < 4.78 is 17.4. The molecular weight excluding hydrogens is 346 g/mol. The minimum absolute atomic E-state index is 0.0998. The van der Waals surface area contributed by atoms with Crippen LogP contribution in [-0.4, -0.2) is 65.4 Å². The molecule has 0 bridgehead atoms. The number of hydrogen-bond donors (Lipinski definition) is 0. The van der Waals surface area contributed by atoms with Crippen LogP contribution in [-0.2, 0) is 14.3 Å². The lowest BCUT2D eigenvalue weighted by Gasteiger charge is -2.53. The second kappa shape index (κ2) is 8.52. The van der Waals surface area contributed by atoms with Crippen molar-refractivity contribution in [2.45, 2.75) is 56.7 Å². The number of rotatable bonds is 7. The molecule has 4 rings (SSSR count). The second-order valence-corrected chi connectivity index (χ2v) is 8.03. The second-order valence-electron chi connectivity index (χ2n) is 8.03. The van der Waals surface area contributed by atoms with Gasteiger partial charge in [0.2, 0.25) is 5.91 Å². The van der Waals surface area contributed by atoms with Gasteiger partial charge >= 0.3 is 6.01 Å². The van der Waals surface area contributed by atoms with Gasteiger partial charge in [-0.2, -0.15) is 0 Å². The highest BCUT2D eigenvalue weighted by atomic mass is 16.5. The highest BCUT2D eigenvalue weighted by molar-refractivity contribution is 5.78. The Bertz CT molecular complexity index is 615. The van der Waals surface area contributed by atoms with Gasteiger partial charge in [0.1, 0.15) is 12.2 Å². The molecule has 7 nitrogen and oxygen atoms in total. The molecule has 0 radical (unpaired) electrons. The van der Waals surface area contributed by atoms with Crippen molar-refractivity contribution in [2.24, 2.45) is 5.92 Å². The number of ether oxygens (including phenoxy) is 3. The lowest BCUT2D eigenvalue weighted by Crippen LogP contribution is -2.67. The van der Waals surface area contributed by atoms with Gasteiger partial charge in [0.05, 0.1) is 25.8 Å². The predicted octanol–water partition coefficient (Wildman–Crippen LogP) is 2.21. The number of nitrogens with zero attached hydrogens (tertiary/aromatic N) is 3. The summed E-state index contributed by atoms with van der Waals surface area (Å²) in [6.07, 6.45) is 11.3. The van der Waals surface area contributed by atoms with Crippen LogP contribution in [0, 0.1) is 5.92 Å². The maximum atomic E-state index is 12.3. The quantitative estimate of drug-likeness (QED) is 0.727. The van der Waals surface area contributed by atoms with E-state index in [9.17, 15) is 4.79 Å². The van der Waals surface area contributed by atoms with E-state index >= 15 is 0 Å². The van der Waals surface area contributed by atoms with Gasteiger partial charge in [0.25, 0.3) is 0 Å². The van der Waals surface area contributed by atoms with Crippen LogP contribution >= 0.6 is 0 Å². The van der Waals surface area contributed by atoms with Crippen LogP contribution in [0.5, 0.6) is 6.01 Å². The van der Waals surface area contributed by atoms with Crippen molar-refractivity contribution in [2.75, 3.05) is 32.9 Å². The summed E-state index contributed by atoms with van der Waals surface area (Å²) in [7, 11) is 0. The standard InChI is InChI=1S/C20H29N3O4/c24-18(13-26-17-4-1-2-5-17)23-14-20(15-23)12-16(7-11-27-20)6-10-25-19-21-8-3-9-22-19/h3,8-9,16-17H,1-2,4-7,10-15H2. The zero-order chi connectivity index (χ0) is 18.5. The molecule has 3 aliphatic rings. The van der Waals surface area contributed by atoms with Gasteiger partial charge < -0.3 is 19.1 Å². The van der Waals surface area contributed by atoms with Crippen molar-refractivity contribution in [3.63, 3.8) is 0 Å². The van der Waals surface area contributed by atoms with E-state index in [4.69, 9.17) is 14.2 Å². The fourth-order valence-electron chi connectivity index (χ4n) is 4.43. The van der Waals surface area contributed by atoms with Gasteiger partial charge in [0.15, 0.2) is 0 Å². The zero-order valence-corrected chi connectivity index (χ0v) is 15.8. The molecule has 148 valence electrons. The van der Waals surface area contributed by atoms with Gasteiger partial charge in [-0.15, -0.1) is 0 Å². The third-order valence-electron chi connectivity index (χ3n) is 5.95. The van der Waals surface area contributed by atoms with Crippen LogP contribution < -0.4 is 4.74 Å². The van der Waals surface area contributed by atoms with Gasteiger partial charge in [-0.3, -0.25) is 4.79 Å². The van der Waals surface area contributed by atoms with E-state index in [0.29, 0.717) is 31.6 Å². The topological polar surface area (TPSA) is 73.8 Å². The van der Waals surface area contributed by atoms with Crippen LogP contribution in [0.1, 0.15) is 44.9 Å². The highest BCUT2D eigenvalue weighted by Gasteiger charge is 2.49. The summed E-state index contributed by atoms with van der Waals surface area (Å²) >= 11 is 0. The summed E-state index contributed by atoms with van der Waals surface area (Å²) in [4.78, 5) is 22.4. The first-order valence-corrected chi connectivity index (χ1v) is 10.2. The highest BCUT2D eigenvalue weighted by Crippen LogP contribution is 2.38. The number of amides is 1. The normalized spacial score (nSPS) is 24.7. The minimum atomic E-state index is -0.158. The van der Waals surface area contributed by atoms with E-state index in [2.05, 4.69) is 9.97 Å². The summed E-state index contributed by atoms with van der Waals surface area (Å²) in [5.41, 5.74) is -0.158. The minimum Gasteiger partial charge on any atom is -0.463 e. The van der Waals surface area contributed by atoms with Gasteiger partial charge in [-0.25, -0.2) is 9.97 Å². The van der Waals surface area contributed by atoms with E-state index < -0.39 is 0 Å². The van der Waals surface area contributed by atoms with Crippen molar-refractivity contribution >= 4 is 5.91 Å². The molecule has 7 heteroatoms. The largest absolute Gasteiger partial charge is 0.463 e. The molecule has 3 heterocycles. The molecular formula is C20H29N3O4. The Hall–Kier alpha value is -1.73. The first-order chi connectivity index (χ1) is 13.2. The summed E-state index contributed by atoms with van der Waals surface area (Å²) in [5.74, 6) is 0.650. The number of likely N-dealkylation sites (tertiary alicyclic amines) is 1. The fourth-order valence-corrected chi connectivity index (χ4v) is 4.43. The Morgan fingerprint density at radius 2 is 2.00 bits per heavy atom. The number of carbonyl (C=O) groups excluding carboxylic acids is 1. The van der Waals surface area contributed by atoms with Gasteiger partial charge in [0, 0.05) is 19.0 Å². The van der Waals surface area contributed by atoms with Crippen LogP contribution in [0.25, 0.3) is 0 Å². The van der Waals surface area contributed by atoms with Crippen molar-refractivity contribution in [1.82, 2.24) is 14.9 Å². The summed E-state index contributed by atoms with van der Waals surface area (Å²) in [5, 5.41) is 0. The Morgan fingerprint density at radius 3 is 2.78 bits per heavy atom. The van der Waals surface area contributed by atoms with Crippen LogP contribution in [0.3, 0.4) is 0 Å². The van der Waals surface area contributed by atoms with E-state index in [1.807, 2.05) is 4.90 Å². The third kappa shape index (κ3) is 4.76.